The van der Waals surface area contributed by atoms with Gasteiger partial charge in [-0.05, 0) is 24.1 Å². The fourth-order valence-corrected chi connectivity index (χ4v) is 2.64. The summed E-state index contributed by atoms with van der Waals surface area (Å²) in [7, 11) is 1.60. The fraction of sp³-hybridized carbons (Fsp3) is 0.533. The molecule has 0 aromatic heterocycles. The topological polar surface area (TPSA) is 77.0 Å². The van der Waals surface area contributed by atoms with Crippen LogP contribution in [0.4, 0.5) is 0 Å². The molecule has 0 spiro atoms. The minimum Gasteiger partial charge on any atom is -0.493 e. The van der Waals surface area contributed by atoms with E-state index in [0.717, 1.165) is 5.56 Å². The second-order valence-electron chi connectivity index (χ2n) is 5.42. The number of rotatable bonds is 5. The van der Waals surface area contributed by atoms with Crippen molar-refractivity contribution in [3.05, 3.63) is 23.8 Å². The van der Waals surface area contributed by atoms with Gasteiger partial charge in [0.2, 0.25) is 0 Å². The highest BCUT2D eigenvalue weighted by molar-refractivity contribution is 5.70. The normalized spacial score (nSPS) is 25.4. The third-order valence-corrected chi connectivity index (χ3v) is 3.97. The van der Waals surface area contributed by atoms with Crippen molar-refractivity contribution in [2.24, 2.45) is 5.92 Å². The maximum atomic E-state index is 11.0. The second-order valence-corrected chi connectivity index (χ2v) is 5.42. The van der Waals surface area contributed by atoms with Crippen LogP contribution in [0.15, 0.2) is 18.2 Å². The first kappa shape index (κ1) is 14.2. The molecular formula is C15H19NO5. The Labute approximate surface area is 123 Å². The first-order chi connectivity index (χ1) is 10.2. The highest BCUT2D eigenvalue weighted by Crippen LogP contribution is 2.35. The lowest BCUT2D eigenvalue weighted by atomic mass is 10.00. The van der Waals surface area contributed by atoms with Crippen molar-refractivity contribution in [1.82, 2.24) is 5.32 Å². The molecule has 2 fully saturated rings. The molecule has 2 N–H and O–H groups in total. The van der Waals surface area contributed by atoms with Crippen LogP contribution in [0.2, 0.25) is 0 Å². The lowest BCUT2D eigenvalue weighted by molar-refractivity contribution is -0.141. The third-order valence-electron chi connectivity index (χ3n) is 3.97. The van der Waals surface area contributed by atoms with Crippen LogP contribution in [0.3, 0.4) is 0 Å². The van der Waals surface area contributed by atoms with Gasteiger partial charge in [-0.15, -0.1) is 0 Å². The van der Waals surface area contributed by atoms with Crippen LogP contribution in [0.25, 0.3) is 0 Å². The number of hydrogen-bond donors (Lipinski definition) is 2. The van der Waals surface area contributed by atoms with Crippen molar-refractivity contribution in [1.29, 1.82) is 0 Å². The summed E-state index contributed by atoms with van der Waals surface area (Å²) in [6, 6.07) is 5.79. The molecule has 0 amide bonds. The zero-order chi connectivity index (χ0) is 14.8. The van der Waals surface area contributed by atoms with Crippen molar-refractivity contribution in [2.75, 3.05) is 26.9 Å². The molecule has 2 saturated heterocycles. The molecule has 6 heteroatoms. The molecule has 21 heavy (non-hydrogen) atoms. The van der Waals surface area contributed by atoms with Crippen molar-refractivity contribution in [3.8, 4) is 11.5 Å². The van der Waals surface area contributed by atoms with Crippen LogP contribution >= 0.6 is 0 Å². The van der Waals surface area contributed by atoms with E-state index in [9.17, 15) is 4.79 Å². The number of benzene rings is 1. The molecule has 2 aliphatic heterocycles. The van der Waals surface area contributed by atoms with Gasteiger partial charge in [-0.3, -0.25) is 4.79 Å². The lowest BCUT2D eigenvalue weighted by Crippen LogP contribution is -2.38. The number of carbonyl (C=O) groups is 1. The fourth-order valence-electron chi connectivity index (χ4n) is 2.64. The van der Waals surface area contributed by atoms with Gasteiger partial charge in [-0.1, -0.05) is 6.07 Å². The summed E-state index contributed by atoms with van der Waals surface area (Å²) < 4.78 is 16.3. The van der Waals surface area contributed by atoms with E-state index in [-0.39, 0.29) is 18.1 Å². The number of nitrogens with one attached hydrogen (secondary N) is 1. The summed E-state index contributed by atoms with van der Waals surface area (Å²) >= 11 is 0. The van der Waals surface area contributed by atoms with Gasteiger partial charge in [0.15, 0.2) is 11.5 Å². The quantitative estimate of drug-likeness (QED) is 0.849. The van der Waals surface area contributed by atoms with E-state index in [0.29, 0.717) is 37.7 Å². The molecule has 3 rings (SSSR count). The van der Waals surface area contributed by atoms with Crippen molar-refractivity contribution < 1.29 is 24.1 Å². The molecule has 2 unspecified atom stereocenters. The van der Waals surface area contributed by atoms with Crippen molar-refractivity contribution >= 4 is 5.97 Å². The lowest BCUT2D eigenvalue weighted by Gasteiger charge is -2.27. The molecular weight excluding hydrogens is 274 g/mol. The number of carboxylic acid groups (broad SMARTS) is 1. The Balaban J connectivity index is 1.73. The predicted octanol–water partition coefficient (Wildman–Crippen LogP) is 1.21. The van der Waals surface area contributed by atoms with Gasteiger partial charge in [-0.2, -0.15) is 0 Å². The molecule has 6 nitrogen and oxygen atoms in total. The minimum atomic E-state index is -0.748. The van der Waals surface area contributed by atoms with E-state index in [4.69, 9.17) is 19.3 Å². The van der Waals surface area contributed by atoms with Gasteiger partial charge in [-0.25, -0.2) is 0 Å². The summed E-state index contributed by atoms with van der Waals surface area (Å²) in [5.41, 5.74) is 1.02. The molecule has 0 saturated carbocycles. The zero-order valence-corrected chi connectivity index (χ0v) is 11.9. The molecule has 0 bridgehead atoms. The highest BCUT2D eigenvalue weighted by atomic mass is 16.6. The third kappa shape index (κ3) is 2.96. The average Bonchev–Trinajstić information content (AvgIpc) is 2.92. The van der Waals surface area contributed by atoms with E-state index >= 15 is 0 Å². The van der Waals surface area contributed by atoms with Gasteiger partial charge in [0.25, 0.3) is 0 Å². The number of ether oxygens (including phenoxy) is 3. The monoisotopic (exact) mass is 293 g/mol. The molecule has 2 atom stereocenters. The van der Waals surface area contributed by atoms with E-state index < -0.39 is 5.97 Å². The maximum absolute atomic E-state index is 11.0. The molecule has 114 valence electrons. The molecule has 2 heterocycles. The molecule has 1 aromatic carbocycles. The van der Waals surface area contributed by atoms with Gasteiger partial charge < -0.3 is 24.6 Å². The number of carboxylic acids is 1. The Hall–Kier alpha value is -1.79. The average molecular weight is 293 g/mol. The standard InChI is InChI=1S/C15H19NO5/c1-19-14-5-9(12-4-10(6-16-12)15(17)18)2-3-13(14)21-11-7-20-8-11/h2-3,5,10-12,16H,4,6-8H2,1H3,(H,17,18). The van der Waals surface area contributed by atoms with E-state index in [1.165, 1.54) is 0 Å². The van der Waals surface area contributed by atoms with Gasteiger partial charge >= 0.3 is 5.97 Å². The first-order valence-electron chi connectivity index (χ1n) is 7.06. The zero-order valence-electron chi connectivity index (χ0n) is 11.9. The van der Waals surface area contributed by atoms with Crippen molar-refractivity contribution in [3.63, 3.8) is 0 Å². The van der Waals surface area contributed by atoms with Crippen molar-refractivity contribution in [2.45, 2.75) is 18.6 Å². The van der Waals surface area contributed by atoms with Crippen LogP contribution in [0.5, 0.6) is 11.5 Å². The highest BCUT2D eigenvalue weighted by Gasteiger charge is 2.30. The molecule has 0 radical (unpaired) electrons. The number of hydrogen-bond acceptors (Lipinski definition) is 5. The summed E-state index contributed by atoms with van der Waals surface area (Å²) in [5.74, 6) is 0.285. The number of methoxy groups -OCH3 is 1. The van der Waals surface area contributed by atoms with E-state index in [2.05, 4.69) is 5.32 Å². The Morgan fingerprint density at radius 3 is 2.76 bits per heavy atom. The van der Waals surface area contributed by atoms with E-state index in [1.54, 1.807) is 7.11 Å². The Morgan fingerprint density at radius 1 is 1.38 bits per heavy atom. The van der Waals surface area contributed by atoms with Gasteiger partial charge in [0, 0.05) is 12.6 Å². The largest absolute Gasteiger partial charge is 0.493 e. The SMILES string of the molecule is COc1cc(C2CC(C(=O)O)CN2)ccc1OC1COC1. The summed E-state index contributed by atoms with van der Waals surface area (Å²) in [5, 5.41) is 12.3. The van der Waals surface area contributed by atoms with Crippen LogP contribution in [-0.4, -0.2) is 44.0 Å². The van der Waals surface area contributed by atoms with Gasteiger partial charge in [0.05, 0.1) is 26.2 Å². The predicted molar refractivity (Wildman–Crippen MR) is 74.7 cm³/mol. The Bertz CT molecular complexity index is 529. The molecule has 2 aliphatic rings. The molecule has 0 aliphatic carbocycles. The van der Waals surface area contributed by atoms with Crippen LogP contribution in [0, 0.1) is 5.92 Å². The smallest absolute Gasteiger partial charge is 0.307 e. The second kappa shape index (κ2) is 5.91. The molecule has 1 aromatic rings. The summed E-state index contributed by atoms with van der Waals surface area (Å²) in [4.78, 5) is 11.0. The Kier molecular flexibility index (Phi) is 3.98. The number of aliphatic carboxylic acids is 1. The van der Waals surface area contributed by atoms with E-state index in [1.807, 2.05) is 18.2 Å². The maximum Gasteiger partial charge on any atom is 0.307 e. The van der Waals surface area contributed by atoms with Crippen LogP contribution < -0.4 is 14.8 Å². The Morgan fingerprint density at radius 2 is 2.19 bits per heavy atom. The van der Waals surface area contributed by atoms with Crippen LogP contribution in [-0.2, 0) is 9.53 Å². The van der Waals surface area contributed by atoms with Gasteiger partial charge in [0.1, 0.15) is 6.10 Å². The summed E-state index contributed by atoms with van der Waals surface area (Å²) in [6.45, 7) is 1.71. The van der Waals surface area contributed by atoms with Crippen LogP contribution in [0.1, 0.15) is 18.0 Å². The minimum absolute atomic E-state index is 0.0427. The summed E-state index contributed by atoms with van der Waals surface area (Å²) in [6.07, 6.45) is 0.681. The first-order valence-corrected chi connectivity index (χ1v) is 7.06.